The van der Waals surface area contributed by atoms with E-state index < -0.39 is 6.10 Å². The van der Waals surface area contributed by atoms with Crippen molar-refractivity contribution in [1.82, 2.24) is 0 Å². The summed E-state index contributed by atoms with van der Waals surface area (Å²) in [7, 11) is 0. The molecule has 0 fully saturated rings. The summed E-state index contributed by atoms with van der Waals surface area (Å²) in [5.41, 5.74) is 0. The van der Waals surface area contributed by atoms with Gasteiger partial charge in [0, 0.05) is 19.4 Å². The Bertz CT molecular complexity index is 1020. The van der Waals surface area contributed by atoms with E-state index in [1.165, 1.54) is 96.3 Å². The van der Waals surface area contributed by atoms with Gasteiger partial charge >= 0.3 is 11.9 Å². The number of rotatable bonds is 42. The number of esters is 2. The first-order valence-corrected chi connectivity index (χ1v) is 23.5. The lowest BCUT2D eigenvalue weighted by Crippen LogP contribution is -2.30. The van der Waals surface area contributed by atoms with Crippen LogP contribution in [0, 0.1) is 0 Å². The maximum atomic E-state index is 12.5. The number of hydrogen-bond donors (Lipinski definition) is 0. The first-order valence-electron chi connectivity index (χ1n) is 23.5. The predicted molar refractivity (Wildman–Crippen MR) is 242 cm³/mol. The van der Waals surface area contributed by atoms with Crippen LogP contribution in [-0.4, -0.2) is 37.9 Å². The summed E-state index contributed by atoms with van der Waals surface area (Å²) in [5.74, 6) is -0.440. The van der Waals surface area contributed by atoms with Crippen LogP contribution in [0.3, 0.4) is 0 Å². The average Bonchev–Trinajstić information content (AvgIpc) is 3.20. The first-order chi connectivity index (χ1) is 27.6. The van der Waals surface area contributed by atoms with E-state index >= 15 is 0 Å². The molecule has 0 amide bonds. The van der Waals surface area contributed by atoms with Gasteiger partial charge in [0.05, 0.1) is 6.61 Å². The van der Waals surface area contributed by atoms with Crippen molar-refractivity contribution in [2.45, 2.75) is 219 Å². The average molecular weight is 781 g/mol. The van der Waals surface area contributed by atoms with Gasteiger partial charge in [0.1, 0.15) is 6.61 Å². The van der Waals surface area contributed by atoms with Crippen molar-refractivity contribution in [2.75, 3.05) is 19.8 Å². The molecule has 0 saturated heterocycles. The second-order valence-corrected chi connectivity index (χ2v) is 15.3. The van der Waals surface area contributed by atoms with E-state index in [-0.39, 0.29) is 25.2 Å². The highest BCUT2D eigenvalue weighted by atomic mass is 16.6. The molecule has 0 saturated carbocycles. The molecule has 5 nitrogen and oxygen atoms in total. The van der Waals surface area contributed by atoms with Gasteiger partial charge in [0.15, 0.2) is 6.10 Å². The Balaban J connectivity index is 4.15. The largest absolute Gasteiger partial charge is 0.462 e. The highest BCUT2D eigenvalue weighted by molar-refractivity contribution is 5.70. The third-order valence-electron chi connectivity index (χ3n) is 9.76. The molecular formula is C51H88O5. The number of carbonyl (C=O) groups is 2. The summed E-state index contributed by atoms with van der Waals surface area (Å²) >= 11 is 0. The molecule has 0 aromatic rings. The van der Waals surface area contributed by atoms with Crippen LogP contribution in [0.15, 0.2) is 72.9 Å². The van der Waals surface area contributed by atoms with Crippen LogP contribution in [0.1, 0.15) is 213 Å². The second-order valence-electron chi connectivity index (χ2n) is 15.3. The van der Waals surface area contributed by atoms with Crippen molar-refractivity contribution in [3.05, 3.63) is 72.9 Å². The Kier molecular flexibility index (Phi) is 44.5. The fourth-order valence-corrected chi connectivity index (χ4v) is 6.29. The highest BCUT2D eigenvalue weighted by Gasteiger charge is 2.17. The van der Waals surface area contributed by atoms with E-state index in [4.69, 9.17) is 14.2 Å². The van der Waals surface area contributed by atoms with Crippen molar-refractivity contribution >= 4 is 11.9 Å². The normalized spacial score (nSPS) is 12.8. The van der Waals surface area contributed by atoms with Crippen LogP contribution in [0.25, 0.3) is 0 Å². The molecule has 0 spiro atoms. The molecule has 0 N–H and O–H groups in total. The minimum absolute atomic E-state index is 0.0618. The molecule has 1 atom stereocenters. The number of hydrogen-bond acceptors (Lipinski definition) is 5. The van der Waals surface area contributed by atoms with E-state index in [9.17, 15) is 9.59 Å². The number of allylic oxidation sites excluding steroid dienone is 12. The van der Waals surface area contributed by atoms with Gasteiger partial charge in [-0.15, -0.1) is 0 Å². The zero-order chi connectivity index (χ0) is 40.7. The Morgan fingerprint density at radius 1 is 0.411 bits per heavy atom. The molecule has 5 heteroatoms. The molecule has 0 bridgehead atoms. The van der Waals surface area contributed by atoms with Gasteiger partial charge in [-0.3, -0.25) is 9.59 Å². The second kappa shape index (κ2) is 46.7. The summed E-state index contributed by atoms with van der Waals surface area (Å²) in [6.07, 6.45) is 59.4. The lowest BCUT2D eigenvalue weighted by molar-refractivity contribution is -0.163. The molecule has 0 radical (unpaired) electrons. The SMILES string of the molecule is CC/C=C\C/C=C\C/C=C\C/C=C\C/C=C\C/C=C\CCCOCC(COC(=O)CCCCCCCCCCCCCCCCC)OC(=O)CCCCCCC. The summed E-state index contributed by atoms with van der Waals surface area (Å²) < 4.78 is 17.1. The van der Waals surface area contributed by atoms with E-state index in [0.717, 1.165) is 83.5 Å². The molecule has 1 unspecified atom stereocenters. The summed E-state index contributed by atoms with van der Waals surface area (Å²) in [5, 5.41) is 0. The van der Waals surface area contributed by atoms with Crippen LogP contribution >= 0.6 is 0 Å². The Morgan fingerprint density at radius 3 is 1.21 bits per heavy atom. The van der Waals surface area contributed by atoms with Crippen molar-refractivity contribution in [2.24, 2.45) is 0 Å². The van der Waals surface area contributed by atoms with Crippen molar-refractivity contribution < 1.29 is 23.8 Å². The summed E-state index contributed by atoms with van der Waals surface area (Å²) in [6, 6.07) is 0. The Labute approximate surface area is 347 Å². The highest BCUT2D eigenvalue weighted by Crippen LogP contribution is 2.14. The lowest BCUT2D eigenvalue weighted by Gasteiger charge is -2.18. The predicted octanol–water partition coefficient (Wildman–Crippen LogP) is 15.6. The van der Waals surface area contributed by atoms with E-state index in [2.05, 4.69) is 93.7 Å². The standard InChI is InChI=1S/C51H88O5/c1-4-7-10-13-15-17-19-21-23-24-25-26-27-29-31-33-35-37-40-43-46-54-47-49(56-51(53)45-42-38-12-9-6-3)48-55-50(52)44-41-39-36-34-32-30-28-22-20-18-16-14-11-8-5-2/h7,10,15,17,21,23,25-26,29,31,35,37,49H,4-6,8-9,11-14,16,18-20,22,24,27-28,30,32-34,36,38-48H2,1-3H3/b10-7-,17-15-,23-21-,26-25-,31-29-,37-35-. The van der Waals surface area contributed by atoms with E-state index in [1.54, 1.807) is 0 Å². The van der Waals surface area contributed by atoms with Crippen LogP contribution in [0.2, 0.25) is 0 Å². The molecule has 0 rings (SSSR count). The molecule has 56 heavy (non-hydrogen) atoms. The lowest BCUT2D eigenvalue weighted by atomic mass is 10.0. The van der Waals surface area contributed by atoms with E-state index in [0.29, 0.717) is 19.4 Å². The molecule has 0 heterocycles. The topological polar surface area (TPSA) is 61.8 Å². The maximum Gasteiger partial charge on any atom is 0.306 e. The monoisotopic (exact) mass is 781 g/mol. The smallest absolute Gasteiger partial charge is 0.306 e. The van der Waals surface area contributed by atoms with Crippen LogP contribution < -0.4 is 0 Å². The van der Waals surface area contributed by atoms with Crippen molar-refractivity contribution in [3.8, 4) is 0 Å². The number of unbranched alkanes of at least 4 members (excludes halogenated alkanes) is 19. The minimum Gasteiger partial charge on any atom is -0.462 e. The molecule has 0 aliphatic heterocycles. The quantitative estimate of drug-likeness (QED) is 0.0351. The summed E-state index contributed by atoms with van der Waals surface area (Å²) in [6.45, 7) is 7.50. The Morgan fingerprint density at radius 2 is 0.786 bits per heavy atom. The van der Waals surface area contributed by atoms with Crippen molar-refractivity contribution in [1.29, 1.82) is 0 Å². The van der Waals surface area contributed by atoms with E-state index in [1.807, 2.05) is 0 Å². The number of carbonyl (C=O) groups excluding carboxylic acids is 2. The van der Waals surface area contributed by atoms with Gasteiger partial charge in [0.25, 0.3) is 0 Å². The fraction of sp³-hybridized carbons (Fsp3) is 0.725. The van der Waals surface area contributed by atoms with Crippen molar-refractivity contribution in [3.63, 3.8) is 0 Å². The number of ether oxygens (including phenoxy) is 3. The molecule has 0 aliphatic rings. The molecule has 0 aromatic carbocycles. The molecule has 0 aromatic heterocycles. The third kappa shape index (κ3) is 44.1. The van der Waals surface area contributed by atoms with Gasteiger partial charge < -0.3 is 14.2 Å². The Hall–Kier alpha value is -2.66. The first kappa shape index (κ1) is 53.3. The fourth-order valence-electron chi connectivity index (χ4n) is 6.29. The molecule has 322 valence electrons. The van der Waals surface area contributed by atoms with Crippen LogP contribution in [0.4, 0.5) is 0 Å². The molecule has 0 aliphatic carbocycles. The van der Waals surface area contributed by atoms with Gasteiger partial charge in [-0.1, -0.05) is 209 Å². The van der Waals surface area contributed by atoms with Gasteiger partial charge in [-0.25, -0.2) is 0 Å². The summed E-state index contributed by atoms with van der Waals surface area (Å²) in [4.78, 5) is 25.0. The van der Waals surface area contributed by atoms with Gasteiger partial charge in [-0.2, -0.15) is 0 Å². The molecular weight excluding hydrogens is 693 g/mol. The minimum atomic E-state index is -0.561. The maximum absolute atomic E-state index is 12.5. The third-order valence-corrected chi connectivity index (χ3v) is 9.76. The van der Waals surface area contributed by atoms with Gasteiger partial charge in [0.2, 0.25) is 0 Å². The van der Waals surface area contributed by atoms with Crippen LogP contribution in [0.5, 0.6) is 0 Å². The van der Waals surface area contributed by atoms with Crippen LogP contribution in [-0.2, 0) is 23.8 Å². The zero-order valence-electron chi connectivity index (χ0n) is 36.9. The zero-order valence-corrected chi connectivity index (χ0v) is 36.9. The van der Waals surface area contributed by atoms with Gasteiger partial charge in [-0.05, 0) is 64.2 Å².